The zero-order valence-corrected chi connectivity index (χ0v) is 20.0. The molecule has 0 saturated carbocycles. The highest BCUT2D eigenvalue weighted by Crippen LogP contribution is 2.26. The molecule has 0 aromatic heterocycles. The first-order chi connectivity index (χ1) is 16.9. The van der Waals surface area contributed by atoms with E-state index in [0.717, 1.165) is 4.90 Å². The SMILES string of the molecule is COc1cccc(C(=O)Nc2ccc(SC(C)C(=O)NC3=NN(c4ccccc4)C(=O)C3)cc2)c1. The highest BCUT2D eigenvalue weighted by atomic mass is 32.2. The minimum absolute atomic E-state index is 0.0414. The summed E-state index contributed by atoms with van der Waals surface area (Å²) in [6, 6.07) is 23.2. The van der Waals surface area contributed by atoms with Crippen molar-refractivity contribution in [1.29, 1.82) is 0 Å². The molecule has 8 nitrogen and oxygen atoms in total. The Morgan fingerprint density at radius 1 is 1.00 bits per heavy atom. The van der Waals surface area contributed by atoms with E-state index in [0.29, 0.717) is 28.5 Å². The number of hydrogen-bond donors (Lipinski definition) is 2. The van der Waals surface area contributed by atoms with Crippen LogP contribution in [0.3, 0.4) is 0 Å². The fourth-order valence-electron chi connectivity index (χ4n) is 3.36. The molecule has 3 aromatic carbocycles. The summed E-state index contributed by atoms with van der Waals surface area (Å²) < 4.78 is 5.16. The third kappa shape index (κ3) is 6.07. The summed E-state index contributed by atoms with van der Waals surface area (Å²) in [4.78, 5) is 38.3. The fourth-order valence-corrected chi connectivity index (χ4v) is 4.22. The molecule has 1 aliphatic heterocycles. The Labute approximate surface area is 207 Å². The van der Waals surface area contributed by atoms with Gasteiger partial charge in [0, 0.05) is 16.1 Å². The van der Waals surface area contributed by atoms with Gasteiger partial charge in [-0.15, -0.1) is 11.8 Å². The van der Waals surface area contributed by atoms with Gasteiger partial charge in [-0.3, -0.25) is 14.4 Å². The van der Waals surface area contributed by atoms with Crippen LogP contribution in [0, 0.1) is 0 Å². The van der Waals surface area contributed by atoms with Crippen molar-refractivity contribution >= 4 is 46.7 Å². The molecule has 35 heavy (non-hydrogen) atoms. The van der Waals surface area contributed by atoms with E-state index in [2.05, 4.69) is 15.7 Å². The largest absolute Gasteiger partial charge is 0.497 e. The summed E-state index contributed by atoms with van der Waals surface area (Å²) in [5.41, 5.74) is 1.79. The fraction of sp³-hybridized carbons (Fsp3) is 0.154. The number of para-hydroxylation sites is 1. The van der Waals surface area contributed by atoms with E-state index in [1.807, 2.05) is 30.3 Å². The van der Waals surface area contributed by atoms with Gasteiger partial charge in [-0.2, -0.15) is 10.1 Å². The lowest BCUT2D eigenvalue weighted by molar-refractivity contribution is -0.118. The van der Waals surface area contributed by atoms with Crippen LogP contribution in [-0.2, 0) is 9.59 Å². The molecular weight excluding hydrogens is 464 g/mol. The van der Waals surface area contributed by atoms with Crippen molar-refractivity contribution in [2.75, 3.05) is 17.4 Å². The number of nitrogens with zero attached hydrogens (tertiary/aromatic N) is 2. The first-order valence-corrected chi connectivity index (χ1v) is 11.8. The van der Waals surface area contributed by atoms with Gasteiger partial charge in [0.25, 0.3) is 11.8 Å². The van der Waals surface area contributed by atoms with Crippen LogP contribution in [-0.4, -0.2) is 35.9 Å². The lowest BCUT2D eigenvalue weighted by Gasteiger charge is -2.12. The Morgan fingerprint density at radius 3 is 2.46 bits per heavy atom. The van der Waals surface area contributed by atoms with Crippen molar-refractivity contribution in [2.45, 2.75) is 23.5 Å². The molecule has 3 aromatic rings. The Kier molecular flexibility index (Phi) is 7.47. The number of nitrogens with one attached hydrogen (secondary N) is 2. The second kappa shape index (κ2) is 10.9. The number of carbonyl (C=O) groups is 3. The molecule has 178 valence electrons. The molecule has 0 radical (unpaired) electrons. The molecule has 0 aliphatic carbocycles. The van der Waals surface area contributed by atoms with Gasteiger partial charge in [0.1, 0.15) is 11.6 Å². The maximum absolute atomic E-state index is 12.7. The van der Waals surface area contributed by atoms with E-state index in [4.69, 9.17) is 4.74 Å². The third-order valence-electron chi connectivity index (χ3n) is 5.17. The molecule has 1 unspecified atom stereocenters. The molecule has 3 amide bonds. The molecule has 2 N–H and O–H groups in total. The highest BCUT2D eigenvalue weighted by Gasteiger charge is 2.27. The Hall–Kier alpha value is -4.11. The number of benzene rings is 3. The number of carbonyl (C=O) groups excluding carboxylic acids is 3. The minimum Gasteiger partial charge on any atom is -0.497 e. The summed E-state index contributed by atoms with van der Waals surface area (Å²) in [5.74, 6) is 0.253. The van der Waals surface area contributed by atoms with Crippen molar-refractivity contribution in [1.82, 2.24) is 5.32 Å². The normalized spacial score (nSPS) is 13.7. The van der Waals surface area contributed by atoms with Gasteiger partial charge in [0.05, 0.1) is 24.5 Å². The summed E-state index contributed by atoms with van der Waals surface area (Å²) in [6.45, 7) is 1.78. The summed E-state index contributed by atoms with van der Waals surface area (Å²) >= 11 is 1.37. The maximum Gasteiger partial charge on any atom is 0.255 e. The third-order valence-corrected chi connectivity index (χ3v) is 6.28. The van der Waals surface area contributed by atoms with Crippen molar-refractivity contribution in [3.05, 3.63) is 84.4 Å². The molecule has 0 spiro atoms. The van der Waals surface area contributed by atoms with Crippen LogP contribution in [0.2, 0.25) is 0 Å². The smallest absolute Gasteiger partial charge is 0.255 e. The number of hydrogen-bond acceptors (Lipinski definition) is 6. The maximum atomic E-state index is 12.7. The molecule has 4 rings (SSSR count). The Bertz CT molecular complexity index is 1260. The number of amidine groups is 1. The van der Waals surface area contributed by atoms with E-state index in [1.165, 1.54) is 16.8 Å². The van der Waals surface area contributed by atoms with Crippen molar-refractivity contribution in [3.63, 3.8) is 0 Å². The first kappa shape index (κ1) is 24.0. The molecular formula is C26H24N4O4S. The van der Waals surface area contributed by atoms with E-state index < -0.39 is 5.25 Å². The van der Waals surface area contributed by atoms with Gasteiger partial charge in [0.2, 0.25) is 5.91 Å². The number of rotatable bonds is 7. The van der Waals surface area contributed by atoms with Crippen LogP contribution < -0.4 is 20.4 Å². The van der Waals surface area contributed by atoms with Gasteiger partial charge in [0.15, 0.2) is 0 Å². The van der Waals surface area contributed by atoms with Crippen LogP contribution in [0.4, 0.5) is 11.4 Å². The van der Waals surface area contributed by atoms with Crippen LogP contribution in [0.1, 0.15) is 23.7 Å². The quantitative estimate of drug-likeness (QED) is 0.483. The van der Waals surface area contributed by atoms with Crippen LogP contribution in [0.15, 0.2) is 88.9 Å². The lowest BCUT2D eigenvalue weighted by atomic mass is 10.2. The van der Waals surface area contributed by atoms with Crippen molar-refractivity contribution < 1.29 is 19.1 Å². The van der Waals surface area contributed by atoms with Crippen molar-refractivity contribution in [2.24, 2.45) is 5.10 Å². The molecule has 1 heterocycles. The number of methoxy groups -OCH3 is 1. The minimum atomic E-state index is -0.421. The molecule has 0 fully saturated rings. The Balaban J connectivity index is 1.32. The van der Waals surface area contributed by atoms with Gasteiger partial charge in [-0.1, -0.05) is 24.3 Å². The van der Waals surface area contributed by atoms with Crippen LogP contribution in [0.5, 0.6) is 5.75 Å². The first-order valence-electron chi connectivity index (χ1n) is 10.9. The summed E-state index contributed by atoms with van der Waals surface area (Å²) in [6.07, 6.45) is 0.0414. The standard InChI is InChI=1S/C26H24N4O4S/c1-17(25(32)28-23-16-24(31)30(29-23)20-8-4-3-5-9-20)35-22-13-11-19(12-14-22)27-26(33)18-7-6-10-21(15-18)34-2/h3-15,17H,16H2,1-2H3,(H,27,33)(H,28,29,32). The topological polar surface area (TPSA) is 100 Å². The number of amides is 3. The number of anilines is 2. The second-order valence-electron chi connectivity index (χ2n) is 7.72. The molecule has 0 bridgehead atoms. The average molecular weight is 489 g/mol. The number of hydrazone groups is 1. The predicted molar refractivity (Wildman–Crippen MR) is 137 cm³/mol. The summed E-state index contributed by atoms with van der Waals surface area (Å²) in [7, 11) is 1.55. The zero-order chi connectivity index (χ0) is 24.8. The van der Waals surface area contributed by atoms with Gasteiger partial charge >= 0.3 is 0 Å². The zero-order valence-electron chi connectivity index (χ0n) is 19.2. The van der Waals surface area contributed by atoms with Crippen LogP contribution in [0.25, 0.3) is 0 Å². The van der Waals surface area contributed by atoms with Gasteiger partial charge < -0.3 is 15.4 Å². The summed E-state index contributed by atoms with van der Waals surface area (Å²) in [5, 5.41) is 10.7. The predicted octanol–water partition coefficient (Wildman–Crippen LogP) is 4.29. The molecule has 9 heteroatoms. The van der Waals surface area contributed by atoms with E-state index >= 15 is 0 Å². The molecule has 1 aliphatic rings. The Morgan fingerprint density at radius 2 is 1.74 bits per heavy atom. The van der Waals surface area contributed by atoms with E-state index in [9.17, 15) is 14.4 Å². The van der Waals surface area contributed by atoms with E-state index in [1.54, 1.807) is 62.6 Å². The molecule has 1 atom stereocenters. The average Bonchev–Trinajstić information content (AvgIpc) is 3.25. The molecule has 0 saturated heterocycles. The van der Waals surface area contributed by atoms with Crippen molar-refractivity contribution in [3.8, 4) is 5.75 Å². The number of thioether (sulfide) groups is 1. The highest BCUT2D eigenvalue weighted by molar-refractivity contribution is 8.00. The van der Waals surface area contributed by atoms with E-state index in [-0.39, 0.29) is 24.1 Å². The monoisotopic (exact) mass is 488 g/mol. The number of ether oxygens (including phenoxy) is 1. The van der Waals surface area contributed by atoms with Crippen LogP contribution >= 0.6 is 11.8 Å². The second-order valence-corrected chi connectivity index (χ2v) is 9.14. The lowest BCUT2D eigenvalue weighted by Crippen LogP contribution is -2.35. The van der Waals surface area contributed by atoms with Gasteiger partial charge in [-0.05, 0) is 61.5 Å². The van der Waals surface area contributed by atoms with Gasteiger partial charge in [-0.25, -0.2) is 0 Å².